The van der Waals surface area contributed by atoms with Crippen LogP contribution in [0.2, 0.25) is 0 Å². The molecule has 0 saturated carbocycles. The van der Waals surface area contributed by atoms with Gasteiger partial charge in [0.15, 0.2) is 6.61 Å². The SMILES string of the molecule is CCCCNC(=O)COc1ccc(C)nc1[N+](=O)[O-]. The second-order valence-corrected chi connectivity index (χ2v) is 4.02. The second kappa shape index (κ2) is 7.30. The highest BCUT2D eigenvalue weighted by Crippen LogP contribution is 2.24. The van der Waals surface area contributed by atoms with Crippen LogP contribution in [0.1, 0.15) is 25.5 Å². The molecule has 0 unspecified atom stereocenters. The van der Waals surface area contributed by atoms with Gasteiger partial charge in [0, 0.05) is 13.5 Å². The molecule has 7 nitrogen and oxygen atoms in total. The second-order valence-electron chi connectivity index (χ2n) is 4.02. The number of rotatable bonds is 7. The highest BCUT2D eigenvalue weighted by Gasteiger charge is 2.18. The van der Waals surface area contributed by atoms with Crippen LogP contribution < -0.4 is 10.1 Å². The Hall–Kier alpha value is -2.18. The molecule has 0 bridgehead atoms. The van der Waals surface area contributed by atoms with Crippen molar-refractivity contribution in [3.8, 4) is 5.75 Å². The van der Waals surface area contributed by atoms with Crippen LogP contribution in [0.4, 0.5) is 5.82 Å². The van der Waals surface area contributed by atoms with E-state index in [0.717, 1.165) is 12.8 Å². The zero-order chi connectivity index (χ0) is 14.3. The fraction of sp³-hybridized carbons (Fsp3) is 0.500. The van der Waals surface area contributed by atoms with Crippen molar-refractivity contribution in [3.63, 3.8) is 0 Å². The molecule has 0 aromatic carbocycles. The number of pyridine rings is 1. The summed E-state index contributed by atoms with van der Waals surface area (Å²) in [6, 6.07) is 3.04. The Labute approximate surface area is 111 Å². The van der Waals surface area contributed by atoms with Gasteiger partial charge in [0.1, 0.15) is 5.69 Å². The molecular formula is C12H17N3O4. The summed E-state index contributed by atoms with van der Waals surface area (Å²) >= 11 is 0. The van der Waals surface area contributed by atoms with Gasteiger partial charge in [0.25, 0.3) is 5.91 Å². The maximum atomic E-state index is 11.4. The molecule has 0 aliphatic heterocycles. The molecule has 1 heterocycles. The Bertz CT molecular complexity index is 462. The molecule has 0 aliphatic rings. The van der Waals surface area contributed by atoms with Crippen LogP contribution in [0, 0.1) is 17.0 Å². The third kappa shape index (κ3) is 4.90. The van der Waals surface area contributed by atoms with Crippen molar-refractivity contribution in [1.82, 2.24) is 10.3 Å². The van der Waals surface area contributed by atoms with Gasteiger partial charge in [-0.2, -0.15) is 0 Å². The number of hydrogen-bond donors (Lipinski definition) is 1. The maximum Gasteiger partial charge on any atom is 0.406 e. The minimum absolute atomic E-state index is 0.00115. The highest BCUT2D eigenvalue weighted by atomic mass is 16.6. The molecule has 0 spiro atoms. The number of hydrogen-bond acceptors (Lipinski definition) is 5. The summed E-state index contributed by atoms with van der Waals surface area (Å²) in [6.45, 7) is 3.99. The zero-order valence-corrected chi connectivity index (χ0v) is 11.0. The van der Waals surface area contributed by atoms with E-state index >= 15 is 0 Å². The minimum Gasteiger partial charge on any atom is -0.476 e. The van der Waals surface area contributed by atoms with E-state index in [1.807, 2.05) is 6.92 Å². The molecule has 104 valence electrons. The summed E-state index contributed by atoms with van der Waals surface area (Å²) in [4.78, 5) is 25.3. The van der Waals surface area contributed by atoms with Crippen molar-refractivity contribution in [2.45, 2.75) is 26.7 Å². The van der Waals surface area contributed by atoms with Crippen molar-refractivity contribution >= 4 is 11.7 Å². The van der Waals surface area contributed by atoms with Gasteiger partial charge in [-0.3, -0.25) is 4.79 Å². The summed E-state index contributed by atoms with van der Waals surface area (Å²) in [5, 5.41) is 13.5. The number of nitrogens with zero attached hydrogens (tertiary/aromatic N) is 2. The van der Waals surface area contributed by atoms with Gasteiger partial charge < -0.3 is 20.2 Å². The quantitative estimate of drug-likeness (QED) is 0.460. The molecule has 1 aromatic heterocycles. The Morgan fingerprint density at radius 1 is 1.53 bits per heavy atom. The molecule has 0 saturated heterocycles. The number of carbonyl (C=O) groups is 1. The minimum atomic E-state index is -0.628. The van der Waals surface area contributed by atoms with E-state index in [0.29, 0.717) is 12.2 Å². The first-order valence-corrected chi connectivity index (χ1v) is 6.06. The van der Waals surface area contributed by atoms with Gasteiger partial charge in [-0.15, -0.1) is 0 Å². The lowest BCUT2D eigenvalue weighted by Crippen LogP contribution is -2.29. The fourth-order valence-electron chi connectivity index (χ4n) is 1.37. The van der Waals surface area contributed by atoms with Crippen LogP contribution in [0.15, 0.2) is 12.1 Å². The number of ether oxygens (including phenoxy) is 1. The van der Waals surface area contributed by atoms with Crippen LogP contribution in [-0.4, -0.2) is 29.0 Å². The monoisotopic (exact) mass is 267 g/mol. The molecule has 0 atom stereocenters. The predicted molar refractivity (Wildman–Crippen MR) is 69.0 cm³/mol. The van der Waals surface area contributed by atoms with Crippen molar-refractivity contribution in [3.05, 3.63) is 27.9 Å². The summed E-state index contributed by atoms with van der Waals surface area (Å²) in [5.41, 5.74) is 0.520. The summed E-state index contributed by atoms with van der Waals surface area (Å²) in [7, 11) is 0. The molecule has 1 amide bonds. The Morgan fingerprint density at radius 3 is 2.89 bits per heavy atom. The van der Waals surface area contributed by atoms with E-state index in [9.17, 15) is 14.9 Å². The Kier molecular flexibility index (Phi) is 5.72. The van der Waals surface area contributed by atoms with Crippen molar-refractivity contribution < 1.29 is 14.5 Å². The van der Waals surface area contributed by atoms with E-state index in [-0.39, 0.29) is 24.1 Å². The lowest BCUT2D eigenvalue weighted by Gasteiger charge is -2.07. The standard InChI is InChI=1S/C12H17N3O4/c1-3-4-7-13-11(16)8-19-10-6-5-9(2)14-12(10)15(17)18/h5-6H,3-4,7-8H2,1-2H3,(H,13,16). The van der Waals surface area contributed by atoms with Crippen LogP contribution in [0.25, 0.3) is 0 Å². The third-order valence-corrected chi connectivity index (χ3v) is 2.36. The van der Waals surface area contributed by atoms with Crippen LogP contribution in [0.5, 0.6) is 5.75 Å². The number of nitrogens with one attached hydrogen (secondary N) is 1. The Morgan fingerprint density at radius 2 is 2.26 bits per heavy atom. The predicted octanol–water partition coefficient (Wildman–Crippen LogP) is 1.59. The lowest BCUT2D eigenvalue weighted by atomic mass is 10.3. The first-order chi connectivity index (χ1) is 9.04. The van der Waals surface area contributed by atoms with Crippen LogP contribution >= 0.6 is 0 Å². The fourth-order valence-corrected chi connectivity index (χ4v) is 1.37. The number of nitro groups is 1. The summed E-state index contributed by atoms with van der Waals surface area (Å²) in [5.74, 6) is -0.675. The largest absolute Gasteiger partial charge is 0.476 e. The number of aryl methyl sites for hydroxylation is 1. The number of carbonyl (C=O) groups excluding carboxylic acids is 1. The highest BCUT2D eigenvalue weighted by molar-refractivity contribution is 5.77. The molecule has 1 rings (SSSR count). The van der Waals surface area contributed by atoms with Gasteiger partial charge in [-0.05, 0) is 28.5 Å². The maximum absolute atomic E-state index is 11.4. The smallest absolute Gasteiger partial charge is 0.406 e. The van der Waals surface area contributed by atoms with E-state index in [1.165, 1.54) is 6.07 Å². The Balaban J connectivity index is 2.57. The van der Waals surface area contributed by atoms with Crippen LogP contribution in [-0.2, 0) is 4.79 Å². The molecule has 1 N–H and O–H groups in total. The van der Waals surface area contributed by atoms with E-state index in [4.69, 9.17) is 4.74 Å². The first-order valence-electron chi connectivity index (χ1n) is 6.06. The lowest BCUT2D eigenvalue weighted by molar-refractivity contribution is -0.390. The molecule has 7 heteroatoms. The normalized spacial score (nSPS) is 10.0. The third-order valence-electron chi connectivity index (χ3n) is 2.36. The van der Waals surface area contributed by atoms with Crippen molar-refractivity contribution in [2.75, 3.05) is 13.2 Å². The number of amides is 1. The number of unbranched alkanes of at least 4 members (excludes halogenated alkanes) is 1. The molecule has 19 heavy (non-hydrogen) atoms. The average Bonchev–Trinajstić information content (AvgIpc) is 2.37. The van der Waals surface area contributed by atoms with E-state index in [1.54, 1.807) is 13.0 Å². The van der Waals surface area contributed by atoms with E-state index in [2.05, 4.69) is 10.3 Å². The molecule has 0 fully saturated rings. The average molecular weight is 267 g/mol. The van der Waals surface area contributed by atoms with Crippen molar-refractivity contribution in [1.29, 1.82) is 0 Å². The molecule has 0 aliphatic carbocycles. The van der Waals surface area contributed by atoms with Gasteiger partial charge >= 0.3 is 5.82 Å². The van der Waals surface area contributed by atoms with E-state index < -0.39 is 4.92 Å². The van der Waals surface area contributed by atoms with Gasteiger partial charge in [-0.1, -0.05) is 13.3 Å². The zero-order valence-electron chi connectivity index (χ0n) is 11.0. The molecule has 0 radical (unpaired) electrons. The van der Waals surface area contributed by atoms with Gasteiger partial charge in [0.2, 0.25) is 5.75 Å². The van der Waals surface area contributed by atoms with Gasteiger partial charge in [-0.25, -0.2) is 0 Å². The number of aromatic nitrogens is 1. The van der Waals surface area contributed by atoms with Gasteiger partial charge in [0.05, 0.1) is 0 Å². The van der Waals surface area contributed by atoms with Crippen LogP contribution in [0.3, 0.4) is 0 Å². The molecular weight excluding hydrogens is 250 g/mol. The first kappa shape index (κ1) is 14.9. The van der Waals surface area contributed by atoms with Crippen molar-refractivity contribution in [2.24, 2.45) is 0 Å². The topological polar surface area (TPSA) is 94.4 Å². The summed E-state index contributed by atoms with van der Waals surface area (Å²) < 4.78 is 5.13. The summed E-state index contributed by atoms with van der Waals surface area (Å²) in [6.07, 6.45) is 1.87. The molecule has 1 aromatic rings.